The maximum Gasteiger partial charge on any atom is 0.289 e. The Hall–Kier alpha value is -3.88. The highest BCUT2D eigenvalue weighted by molar-refractivity contribution is 6.06. The number of nitrogens with one attached hydrogen (secondary N) is 2. The minimum Gasteiger partial charge on any atom is -0.379 e. The first kappa shape index (κ1) is 21.4. The van der Waals surface area contributed by atoms with Crippen LogP contribution in [0.3, 0.4) is 0 Å². The number of rotatable bonds is 8. The predicted octanol–water partition coefficient (Wildman–Crippen LogP) is 2.61. The third kappa shape index (κ3) is 4.14. The van der Waals surface area contributed by atoms with E-state index >= 15 is 0 Å². The number of aromatic nitrogens is 4. The molecule has 1 saturated carbocycles. The van der Waals surface area contributed by atoms with Crippen LogP contribution in [0.5, 0.6) is 0 Å². The van der Waals surface area contributed by atoms with E-state index in [0.29, 0.717) is 11.2 Å². The van der Waals surface area contributed by atoms with Crippen molar-refractivity contribution in [2.75, 3.05) is 7.05 Å². The van der Waals surface area contributed by atoms with Gasteiger partial charge in [0, 0.05) is 31.1 Å². The summed E-state index contributed by atoms with van der Waals surface area (Å²) in [5, 5.41) is 11.0. The lowest BCUT2D eigenvalue weighted by molar-refractivity contribution is -0.103. The molecule has 0 spiro atoms. The van der Waals surface area contributed by atoms with Crippen LogP contribution in [-0.4, -0.2) is 45.3 Å². The Morgan fingerprint density at radius 2 is 1.97 bits per heavy atom. The molecule has 0 aliphatic heterocycles. The van der Waals surface area contributed by atoms with Crippen LogP contribution < -0.4 is 10.6 Å². The lowest BCUT2D eigenvalue weighted by Gasteiger charge is -2.18. The van der Waals surface area contributed by atoms with Gasteiger partial charge in [-0.15, -0.1) is 0 Å². The molecular weight excluding hydrogens is 406 g/mol. The van der Waals surface area contributed by atoms with Gasteiger partial charge in [0.2, 0.25) is 5.82 Å². The summed E-state index contributed by atoms with van der Waals surface area (Å²) in [6.45, 7) is 4.02. The number of benzene rings is 1. The van der Waals surface area contributed by atoms with Crippen LogP contribution in [0.15, 0.2) is 47.9 Å². The van der Waals surface area contributed by atoms with Gasteiger partial charge in [-0.05, 0) is 37.8 Å². The number of aldehydes is 1. The smallest absolute Gasteiger partial charge is 0.289 e. The van der Waals surface area contributed by atoms with Gasteiger partial charge >= 0.3 is 0 Å². The maximum absolute atomic E-state index is 12.9. The number of hydrogen-bond donors (Lipinski definition) is 2. The number of carbonyl (C=O) groups excluding carboxylic acids is 2. The zero-order valence-electron chi connectivity index (χ0n) is 18.2. The largest absolute Gasteiger partial charge is 0.379 e. The van der Waals surface area contributed by atoms with Gasteiger partial charge < -0.3 is 10.6 Å². The Morgan fingerprint density at radius 1 is 1.22 bits per heavy atom. The molecule has 1 amide bonds. The van der Waals surface area contributed by atoms with E-state index in [-0.39, 0.29) is 17.8 Å². The van der Waals surface area contributed by atoms with Crippen molar-refractivity contribution in [3.05, 3.63) is 59.8 Å². The van der Waals surface area contributed by atoms with Crippen molar-refractivity contribution in [3.8, 4) is 0 Å². The molecule has 0 saturated heterocycles. The Bertz CT molecular complexity index is 1200. The zero-order valence-corrected chi connectivity index (χ0v) is 18.2. The highest BCUT2D eigenvalue weighted by Gasteiger charge is 2.46. The summed E-state index contributed by atoms with van der Waals surface area (Å²) >= 11 is 0. The highest BCUT2D eigenvalue weighted by Crippen LogP contribution is 2.45. The van der Waals surface area contributed by atoms with Gasteiger partial charge in [0.25, 0.3) is 5.91 Å². The quantitative estimate of drug-likeness (QED) is 0.245. The second-order valence-electron chi connectivity index (χ2n) is 8.04. The van der Waals surface area contributed by atoms with Crippen LogP contribution in [0.2, 0.25) is 0 Å². The number of fused-ring (bicyclic) bond motifs is 1. The molecule has 1 fully saturated rings. The van der Waals surface area contributed by atoms with Crippen LogP contribution in [-0.2, 0) is 10.3 Å². The Balaban J connectivity index is 1.53. The molecule has 164 valence electrons. The molecule has 0 radical (unpaired) electrons. The van der Waals surface area contributed by atoms with Crippen LogP contribution in [0, 0.1) is 0 Å². The number of nitrogens with zero attached hydrogens (tertiary/aromatic N) is 5. The van der Waals surface area contributed by atoms with Gasteiger partial charge in [-0.25, -0.2) is 19.6 Å². The molecule has 1 aromatic carbocycles. The van der Waals surface area contributed by atoms with Crippen LogP contribution in [0.4, 0.5) is 0 Å². The lowest BCUT2D eigenvalue weighted by Crippen LogP contribution is -2.36. The van der Waals surface area contributed by atoms with Crippen molar-refractivity contribution in [3.63, 3.8) is 0 Å². The van der Waals surface area contributed by atoms with E-state index in [0.717, 1.165) is 35.6 Å². The summed E-state index contributed by atoms with van der Waals surface area (Å²) < 4.78 is 1.78. The molecule has 2 N–H and O–H groups in total. The van der Waals surface area contributed by atoms with Gasteiger partial charge in [0.1, 0.15) is 0 Å². The molecule has 0 bridgehead atoms. The summed E-state index contributed by atoms with van der Waals surface area (Å²) in [4.78, 5) is 37.0. The molecule has 3 aromatic rings. The minimum absolute atomic E-state index is 0.122. The van der Waals surface area contributed by atoms with Crippen molar-refractivity contribution in [1.29, 1.82) is 0 Å². The zero-order chi connectivity index (χ0) is 22.7. The lowest BCUT2D eigenvalue weighted by atomic mass is 10.00. The Labute approximate surface area is 185 Å². The fourth-order valence-corrected chi connectivity index (χ4v) is 3.55. The highest BCUT2D eigenvalue weighted by atomic mass is 16.2. The van der Waals surface area contributed by atoms with Crippen molar-refractivity contribution < 1.29 is 9.59 Å². The van der Waals surface area contributed by atoms with Crippen molar-refractivity contribution >= 4 is 35.1 Å². The van der Waals surface area contributed by atoms with Gasteiger partial charge in [-0.1, -0.05) is 24.3 Å². The number of aliphatic imine (C=N–C) groups is 1. The monoisotopic (exact) mass is 431 g/mol. The van der Waals surface area contributed by atoms with Crippen molar-refractivity contribution in [1.82, 2.24) is 30.4 Å². The molecule has 1 aliphatic carbocycles. The maximum atomic E-state index is 12.9. The van der Waals surface area contributed by atoms with Crippen molar-refractivity contribution in [2.45, 2.75) is 38.3 Å². The normalized spacial score (nSPS) is 15.3. The third-order valence-corrected chi connectivity index (χ3v) is 5.44. The number of carbonyl (C=O) groups is 2. The van der Waals surface area contributed by atoms with Crippen molar-refractivity contribution in [2.24, 2.45) is 4.99 Å². The van der Waals surface area contributed by atoms with Gasteiger partial charge in [0.05, 0.1) is 23.5 Å². The molecule has 4 rings (SSSR count). The average molecular weight is 432 g/mol. The first-order valence-corrected chi connectivity index (χ1v) is 10.5. The second kappa shape index (κ2) is 8.70. The SMILES string of the molecule is CN/C=N\C=C(/C=O)c1ccc(C2(NC(=O)c3ncc4cnn(C(C)C)c4n3)CC2)cc1. The summed E-state index contributed by atoms with van der Waals surface area (Å²) in [6, 6.07) is 7.71. The van der Waals surface area contributed by atoms with Gasteiger partial charge in [-0.3, -0.25) is 9.59 Å². The number of amides is 1. The summed E-state index contributed by atoms with van der Waals surface area (Å²) in [7, 11) is 1.73. The molecular formula is C23H25N7O2. The topological polar surface area (TPSA) is 114 Å². The van der Waals surface area contributed by atoms with Gasteiger partial charge in [-0.2, -0.15) is 5.10 Å². The van der Waals surface area contributed by atoms with E-state index in [1.807, 2.05) is 38.1 Å². The Kier molecular flexibility index (Phi) is 5.81. The summed E-state index contributed by atoms with van der Waals surface area (Å²) in [5.41, 5.74) is 2.41. The standard InChI is InChI=1S/C23H25N7O2/c1-15(2)30-21-17(12-27-30)11-26-20(28-21)22(32)29-23(8-9-23)19-6-4-16(5-7-19)18(13-31)10-25-14-24-3/h4-7,10-15H,8-9H2,1-3H3,(H,24,25)(H,29,32)/b18-10+. The molecule has 9 nitrogen and oxygen atoms in total. The van der Waals surface area contributed by atoms with E-state index in [4.69, 9.17) is 0 Å². The van der Waals surface area contributed by atoms with Crippen LogP contribution in [0.25, 0.3) is 16.6 Å². The fraction of sp³-hybridized carbons (Fsp3) is 0.304. The molecule has 0 atom stereocenters. The molecule has 0 unspecified atom stereocenters. The first-order valence-electron chi connectivity index (χ1n) is 10.5. The predicted molar refractivity (Wildman–Crippen MR) is 122 cm³/mol. The number of allylic oxidation sites excluding steroid dienone is 1. The van der Waals surface area contributed by atoms with Crippen LogP contribution >= 0.6 is 0 Å². The third-order valence-electron chi connectivity index (χ3n) is 5.44. The van der Waals surface area contributed by atoms with E-state index in [1.54, 1.807) is 24.1 Å². The average Bonchev–Trinajstić information content (AvgIpc) is 3.45. The Morgan fingerprint density at radius 3 is 2.59 bits per heavy atom. The molecule has 2 heterocycles. The molecule has 2 aromatic heterocycles. The minimum atomic E-state index is -0.443. The summed E-state index contributed by atoms with van der Waals surface area (Å²) in [6.07, 6.45) is 8.75. The van der Waals surface area contributed by atoms with Gasteiger partial charge in [0.15, 0.2) is 11.9 Å². The van der Waals surface area contributed by atoms with E-state index in [2.05, 4.69) is 30.7 Å². The van der Waals surface area contributed by atoms with E-state index < -0.39 is 5.54 Å². The van der Waals surface area contributed by atoms with E-state index in [1.165, 1.54) is 12.5 Å². The van der Waals surface area contributed by atoms with E-state index in [9.17, 15) is 9.59 Å². The van der Waals surface area contributed by atoms with Crippen LogP contribution in [0.1, 0.15) is 54.5 Å². The molecule has 32 heavy (non-hydrogen) atoms. The first-order chi connectivity index (χ1) is 15.5. The molecule has 9 heteroatoms. The fourth-order valence-electron chi connectivity index (χ4n) is 3.55. The summed E-state index contributed by atoms with van der Waals surface area (Å²) in [5.74, 6) is -0.198. The molecule has 1 aliphatic rings. The second-order valence-corrected chi connectivity index (χ2v) is 8.04. The number of hydrogen-bond acceptors (Lipinski definition) is 6.